The van der Waals surface area contributed by atoms with Gasteiger partial charge in [0.1, 0.15) is 18.5 Å². The fourth-order valence-electron chi connectivity index (χ4n) is 2.62. The van der Waals surface area contributed by atoms with Gasteiger partial charge in [-0.15, -0.1) is 18.8 Å². The van der Waals surface area contributed by atoms with Crippen molar-refractivity contribution in [3.63, 3.8) is 0 Å². The number of aliphatic hydroxyl groups is 2. The molecule has 0 aliphatic carbocycles. The molecule has 1 atom stereocenters. The smallest absolute Gasteiger partial charge is 0.186 e. The minimum atomic E-state index is -1.07. The molecule has 1 unspecified atom stereocenters. The summed E-state index contributed by atoms with van der Waals surface area (Å²) in [6, 6.07) is 15.9. The number of carbonyl (C=O) groups is 2. The lowest BCUT2D eigenvalue weighted by Crippen LogP contribution is -2.22. The third-order valence-corrected chi connectivity index (χ3v) is 4.41. The highest BCUT2D eigenvalue weighted by Gasteiger charge is 2.11. The van der Waals surface area contributed by atoms with Gasteiger partial charge in [0.2, 0.25) is 0 Å². The molecule has 3 N–H and O–H groups in total. The van der Waals surface area contributed by atoms with E-state index in [0.717, 1.165) is 11.1 Å². The van der Waals surface area contributed by atoms with E-state index in [0.29, 0.717) is 24.8 Å². The number of Topliss-reactive ketones (excluding diaryl/α,β-unsaturated/α-hetero) is 2. The molecule has 0 saturated heterocycles. The zero-order chi connectivity index (χ0) is 25.8. The minimum Gasteiger partial charge on any atom is -0.508 e. The Morgan fingerprint density at radius 1 is 1.06 bits per heavy atom. The van der Waals surface area contributed by atoms with Crippen molar-refractivity contribution in [2.24, 2.45) is 0 Å². The van der Waals surface area contributed by atoms with Crippen LogP contribution in [0, 0.1) is 24.7 Å². The van der Waals surface area contributed by atoms with Crippen LogP contribution >= 0.6 is 0 Å². The summed E-state index contributed by atoms with van der Waals surface area (Å²) in [7, 11) is 0. The van der Waals surface area contributed by atoms with Crippen LogP contribution in [0.1, 0.15) is 42.6 Å². The van der Waals surface area contributed by atoms with Gasteiger partial charge in [0.25, 0.3) is 0 Å². The second-order valence-corrected chi connectivity index (χ2v) is 6.87. The summed E-state index contributed by atoms with van der Waals surface area (Å²) in [6.45, 7) is 3.06. The molecule has 5 heteroatoms. The van der Waals surface area contributed by atoms with E-state index in [1.807, 2.05) is 55.5 Å². The van der Waals surface area contributed by atoms with Gasteiger partial charge < -0.3 is 15.3 Å². The molecular weight excluding hydrogens is 428 g/mol. The maximum Gasteiger partial charge on any atom is 0.186 e. The van der Waals surface area contributed by atoms with Gasteiger partial charge in [0.05, 0.1) is 0 Å². The van der Waals surface area contributed by atoms with Gasteiger partial charge in [-0.05, 0) is 56.5 Å². The Kier molecular flexibility index (Phi) is 16.5. The molecule has 0 aliphatic rings. The van der Waals surface area contributed by atoms with E-state index in [1.165, 1.54) is 12.1 Å². The van der Waals surface area contributed by atoms with E-state index >= 15 is 0 Å². The normalized spacial score (nSPS) is 11.1. The maximum atomic E-state index is 11.8. The first-order valence-electron chi connectivity index (χ1n) is 10.7. The summed E-state index contributed by atoms with van der Waals surface area (Å²) in [4.78, 5) is 22.7. The summed E-state index contributed by atoms with van der Waals surface area (Å²) >= 11 is 0. The highest BCUT2D eigenvalue weighted by molar-refractivity contribution is 5.97. The number of hydrogen-bond acceptors (Lipinski definition) is 5. The lowest BCUT2D eigenvalue weighted by molar-refractivity contribution is -0.130. The lowest BCUT2D eigenvalue weighted by atomic mass is 10.0. The summed E-state index contributed by atoms with van der Waals surface area (Å²) < 4.78 is 0. The maximum absolute atomic E-state index is 11.8. The third-order valence-electron chi connectivity index (χ3n) is 4.41. The van der Waals surface area contributed by atoms with Crippen LogP contribution in [0.2, 0.25) is 0 Å². The summed E-state index contributed by atoms with van der Waals surface area (Å²) in [5.41, 5.74) is 2.53. The topological polar surface area (TPSA) is 94.8 Å². The Morgan fingerprint density at radius 2 is 1.68 bits per heavy atom. The van der Waals surface area contributed by atoms with Crippen LogP contribution in [-0.2, 0) is 11.2 Å². The molecule has 2 rings (SSSR count). The fourth-order valence-corrected chi connectivity index (χ4v) is 2.62. The van der Waals surface area contributed by atoms with E-state index in [-0.39, 0.29) is 11.5 Å². The van der Waals surface area contributed by atoms with Crippen molar-refractivity contribution in [2.45, 2.75) is 39.2 Å². The standard InChI is InChI=1S/C14H12O2.C13H18O3.C2H2/c15-13-8-6-12(7-9-13)14(16)10-11-4-2-1-3-5-11;1-3-7-11(4-2)8-5-6-9-12(15)13(16)10-14;1-2/h1-9,15H,10H2;4-5,8,12,14-15H,6,9-10H2,1-2H3;1-2H/b;8-5-,11-4-;. The Bertz CT molecular complexity index is 1000. The van der Waals surface area contributed by atoms with Crippen LogP contribution in [0.4, 0.5) is 0 Å². The van der Waals surface area contributed by atoms with Crippen molar-refractivity contribution in [1.82, 2.24) is 0 Å². The highest BCUT2D eigenvalue weighted by Crippen LogP contribution is 2.12. The van der Waals surface area contributed by atoms with Gasteiger partial charge in [-0.25, -0.2) is 0 Å². The van der Waals surface area contributed by atoms with Crippen molar-refractivity contribution in [3.8, 4) is 30.4 Å². The van der Waals surface area contributed by atoms with Gasteiger partial charge in [0.15, 0.2) is 11.6 Å². The molecule has 2 aromatic rings. The molecule has 0 aliphatic heterocycles. The zero-order valence-electron chi connectivity index (χ0n) is 19.6. The van der Waals surface area contributed by atoms with E-state index in [2.05, 4.69) is 24.7 Å². The molecular formula is C29H32O5. The largest absolute Gasteiger partial charge is 0.508 e. The number of rotatable bonds is 9. The Balaban J connectivity index is 0.000000597. The zero-order valence-corrected chi connectivity index (χ0v) is 19.6. The number of ketones is 2. The number of aliphatic hydroxyl groups excluding tert-OH is 2. The fraction of sp³-hybridized carbons (Fsp3) is 0.241. The van der Waals surface area contributed by atoms with Crippen LogP contribution in [0.3, 0.4) is 0 Å². The molecule has 0 fully saturated rings. The predicted octanol–water partition coefficient (Wildman–Crippen LogP) is 4.28. The molecule has 0 saturated carbocycles. The molecule has 0 amide bonds. The number of phenolic OH excluding ortho intramolecular Hbond substituents is 1. The quantitative estimate of drug-likeness (QED) is 0.295. The van der Waals surface area contributed by atoms with Crippen LogP contribution in [0.25, 0.3) is 0 Å². The van der Waals surface area contributed by atoms with Crippen molar-refractivity contribution in [1.29, 1.82) is 0 Å². The van der Waals surface area contributed by atoms with E-state index in [4.69, 9.17) is 10.2 Å². The number of aromatic hydroxyl groups is 1. The van der Waals surface area contributed by atoms with Crippen molar-refractivity contribution in [2.75, 3.05) is 6.61 Å². The van der Waals surface area contributed by atoms with E-state index in [9.17, 15) is 14.7 Å². The third kappa shape index (κ3) is 12.8. The molecule has 0 radical (unpaired) electrons. The monoisotopic (exact) mass is 460 g/mol. The van der Waals surface area contributed by atoms with Crippen LogP contribution in [0.5, 0.6) is 5.75 Å². The molecule has 0 bridgehead atoms. The van der Waals surface area contributed by atoms with Crippen molar-refractivity contribution >= 4 is 11.6 Å². The van der Waals surface area contributed by atoms with Crippen molar-refractivity contribution < 1.29 is 24.9 Å². The van der Waals surface area contributed by atoms with Gasteiger partial charge in [-0.3, -0.25) is 9.59 Å². The van der Waals surface area contributed by atoms with Gasteiger partial charge >= 0.3 is 0 Å². The second kappa shape index (κ2) is 18.7. The number of allylic oxidation sites excluding steroid dienone is 4. The summed E-state index contributed by atoms with van der Waals surface area (Å²) in [5.74, 6) is 5.40. The Morgan fingerprint density at radius 3 is 2.21 bits per heavy atom. The first-order valence-corrected chi connectivity index (χ1v) is 10.7. The second-order valence-electron chi connectivity index (χ2n) is 6.87. The van der Waals surface area contributed by atoms with Crippen LogP contribution < -0.4 is 0 Å². The number of terminal acetylenes is 1. The highest BCUT2D eigenvalue weighted by atomic mass is 16.3. The van der Waals surface area contributed by atoms with Crippen molar-refractivity contribution in [3.05, 3.63) is 89.5 Å². The Hall–Kier alpha value is -3.90. The number of hydrogen-bond donors (Lipinski definition) is 3. The minimum absolute atomic E-state index is 0.0613. The van der Waals surface area contributed by atoms with Gasteiger partial charge in [-0.1, -0.05) is 54.5 Å². The first kappa shape index (κ1) is 30.1. The van der Waals surface area contributed by atoms with Crippen LogP contribution in [0.15, 0.2) is 78.4 Å². The van der Waals surface area contributed by atoms with Gasteiger partial charge in [0, 0.05) is 17.6 Å². The average Bonchev–Trinajstić information content (AvgIpc) is 2.87. The summed E-state index contributed by atoms with van der Waals surface area (Å²) in [6.07, 6.45) is 13.8. The number of benzene rings is 2. The molecule has 34 heavy (non-hydrogen) atoms. The van der Waals surface area contributed by atoms with E-state index in [1.54, 1.807) is 19.1 Å². The SMILES string of the molecule is C#C.CC#CC(/C=C\CCC(O)C(=O)CO)=C/C.O=C(Cc1ccccc1)c1ccc(O)cc1. The molecule has 0 spiro atoms. The summed E-state index contributed by atoms with van der Waals surface area (Å²) in [5, 5.41) is 26.9. The molecule has 178 valence electrons. The van der Waals surface area contributed by atoms with Gasteiger partial charge in [-0.2, -0.15) is 0 Å². The van der Waals surface area contributed by atoms with E-state index < -0.39 is 18.5 Å². The molecule has 5 nitrogen and oxygen atoms in total. The molecule has 2 aromatic carbocycles. The Labute approximate surface area is 202 Å². The lowest BCUT2D eigenvalue weighted by Gasteiger charge is -2.04. The number of phenols is 1. The van der Waals surface area contributed by atoms with Crippen LogP contribution in [-0.4, -0.2) is 39.6 Å². The average molecular weight is 461 g/mol. The number of carbonyl (C=O) groups excluding carboxylic acids is 2. The molecule has 0 aromatic heterocycles. The molecule has 0 heterocycles. The predicted molar refractivity (Wildman–Crippen MR) is 136 cm³/mol. The first-order chi connectivity index (χ1) is 16.4.